The van der Waals surface area contributed by atoms with E-state index in [0.29, 0.717) is 5.92 Å². The molecule has 3 heteroatoms. The van der Waals surface area contributed by atoms with E-state index >= 15 is 0 Å². The molecule has 1 saturated carbocycles. The highest BCUT2D eigenvalue weighted by Crippen LogP contribution is 2.37. The van der Waals surface area contributed by atoms with E-state index in [1.165, 1.54) is 19.3 Å². The maximum atomic E-state index is 12.0. The quantitative estimate of drug-likeness (QED) is 0.792. The van der Waals surface area contributed by atoms with Crippen molar-refractivity contribution in [1.29, 1.82) is 0 Å². The molecule has 1 saturated heterocycles. The molecule has 2 unspecified atom stereocenters. The van der Waals surface area contributed by atoms with E-state index in [1.54, 1.807) is 0 Å². The first-order chi connectivity index (χ1) is 7.56. The van der Waals surface area contributed by atoms with Gasteiger partial charge in [-0.25, -0.2) is 0 Å². The number of likely N-dealkylation sites (tertiary alicyclic amines) is 1. The monoisotopic (exact) mass is 224 g/mol. The van der Waals surface area contributed by atoms with Crippen LogP contribution in [0.2, 0.25) is 0 Å². The predicted octanol–water partition coefficient (Wildman–Crippen LogP) is 1.62. The van der Waals surface area contributed by atoms with Gasteiger partial charge in [-0.2, -0.15) is 0 Å². The van der Waals surface area contributed by atoms with E-state index in [2.05, 4.69) is 0 Å². The Kier molecular flexibility index (Phi) is 3.53. The highest BCUT2D eigenvalue weighted by atomic mass is 16.2. The number of nitrogens with two attached hydrogens (primary N) is 1. The lowest BCUT2D eigenvalue weighted by Crippen LogP contribution is -2.50. The molecule has 1 aliphatic carbocycles. The van der Waals surface area contributed by atoms with Crippen molar-refractivity contribution in [3.05, 3.63) is 0 Å². The third-order valence-corrected chi connectivity index (χ3v) is 3.74. The number of hydrogen-bond acceptors (Lipinski definition) is 2. The molecule has 16 heavy (non-hydrogen) atoms. The van der Waals surface area contributed by atoms with Gasteiger partial charge >= 0.3 is 0 Å². The Balaban J connectivity index is 1.90. The summed E-state index contributed by atoms with van der Waals surface area (Å²) < 4.78 is 0. The van der Waals surface area contributed by atoms with Gasteiger partial charge in [0, 0.05) is 25.0 Å². The van der Waals surface area contributed by atoms with Crippen LogP contribution in [0.15, 0.2) is 0 Å². The second-order valence-corrected chi connectivity index (χ2v) is 5.94. The van der Waals surface area contributed by atoms with Crippen molar-refractivity contribution in [2.24, 2.45) is 23.5 Å². The first-order valence-corrected chi connectivity index (χ1v) is 6.60. The standard InChI is InChI=1S/C13H24N2O/c1-9(2)13(16)15-7-11(5-10-3-4-10)6-12(14)8-15/h9-12H,3-8,14H2,1-2H3. The van der Waals surface area contributed by atoms with E-state index in [-0.39, 0.29) is 17.9 Å². The van der Waals surface area contributed by atoms with Crippen molar-refractivity contribution in [1.82, 2.24) is 4.90 Å². The summed E-state index contributed by atoms with van der Waals surface area (Å²) in [5.41, 5.74) is 6.06. The number of carbonyl (C=O) groups excluding carboxylic acids is 1. The molecule has 2 aliphatic rings. The molecule has 1 heterocycles. The maximum absolute atomic E-state index is 12.0. The van der Waals surface area contributed by atoms with E-state index in [0.717, 1.165) is 25.4 Å². The lowest BCUT2D eigenvalue weighted by Gasteiger charge is -2.37. The largest absolute Gasteiger partial charge is 0.341 e. The van der Waals surface area contributed by atoms with Crippen LogP contribution in [-0.4, -0.2) is 29.9 Å². The third kappa shape index (κ3) is 2.97. The summed E-state index contributed by atoms with van der Waals surface area (Å²) in [6, 6.07) is 0.195. The summed E-state index contributed by atoms with van der Waals surface area (Å²) in [6.07, 6.45) is 5.18. The summed E-state index contributed by atoms with van der Waals surface area (Å²) >= 11 is 0. The van der Waals surface area contributed by atoms with Gasteiger partial charge in [0.05, 0.1) is 0 Å². The Labute approximate surface area is 98.4 Å². The zero-order valence-electron chi connectivity index (χ0n) is 10.5. The molecule has 2 rings (SSSR count). The Morgan fingerprint density at radius 1 is 1.31 bits per heavy atom. The van der Waals surface area contributed by atoms with Crippen molar-refractivity contribution >= 4 is 5.91 Å². The van der Waals surface area contributed by atoms with Crippen LogP contribution in [0.4, 0.5) is 0 Å². The second-order valence-electron chi connectivity index (χ2n) is 5.94. The maximum Gasteiger partial charge on any atom is 0.225 e. The molecular weight excluding hydrogens is 200 g/mol. The van der Waals surface area contributed by atoms with Gasteiger partial charge in [0.1, 0.15) is 0 Å². The fourth-order valence-electron chi connectivity index (χ4n) is 2.79. The first-order valence-electron chi connectivity index (χ1n) is 6.60. The van der Waals surface area contributed by atoms with E-state index in [9.17, 15) is 4.79 Å². The Morgan fingerprint density at radius 3 is 2.56 bits per heavy atom. The number of carbonyl (C=O) groups is 1. The normalized spacial score (nSPS) is 30.9. The number of hydrogen-bond donors (Lipinski definition) is 1. The summed E-state index contributed by atoms with van der Waals surface area (Å²) in [6.45, 7) is 5.65. The molecule has 0 aromatic heterocycles. The summed E-state index contributed by atoms with van der Waals surface area (Å²) in [5, 5.41) is 0. The number of nitrogens with zero attached hydrogens (tertiary/aromatic N) is 1. The van der Waals surface area contributed by atoms with E-state index in [1.807, 2.05) is 18.7 Å². The molecule has 0 bridgehead atoms. The molecule has 1 amide bonds. The molecule has 3 nitrogen and oxygen atoms in total. The highest BCUT2D eigenvalue weighted by Gasteiger charge is 2.33. The van der Waals surface area contributed by atoms with Crippen molar-refractivity contribution in [2.75, 3.05) is 13.1 Å². The smallest absolute Gasteiger partial charge is 0.225 e. The van der Waals surface area contributed by atoms with Crippen LogP contribution in [0.3, 0.4) is 0 Å². The molecule has 2 atom stereocenters. The van der Waals surface area contributed by atoms with Crippen molar-refractivity contribution in [3.63, 3.8) is 0 Å². The average molecular weight is 224 g/mol. The van der Waals surface area contributed by atoms with Gasteiger partial charge in [0.25, 0.3) is 0 Å². The van der Waals surface area contributed by atoms with Gasteiger partial charge in [-0.1, -0.05) is 26.7 Å². The molecule has 0 spiro atoms. The van der Waals surface area contributed by atoms with Crippen molar-refractivity contribution < 1.29 is 4.79 Å². The molecular formula is C13H24N2O. The van der Waals surface area contributed by atoms with Crippen LogP contribution in [0, 0.1) is 17.8 Å². The van der Waals surface area contributed by atoms with E-state index in [4.69, 9.17) is 5.73 Å². The zero-order chi connectivity index (χ0) is 11.7. The summed E-state index contributed by atoms with van der Waals surface area (Å²) in [5.74, 6) is 1.97. The van der Waals surface area contributed by atoms with Gasteiger partial charge in [-0.3, -0.25) is 4.79 Å². The lowest BCUT2D eigenvalue weighted by atomic mass is 9.89. The number of amides is 1. The highest BCUT2D eigenvalue weighted by molar-refractivity contribution is 5.78. The number of rotatable bonds is 3. The van der Waals surface area contributed by atoms with Crippen molar-refractivity contribution in [2.45, 2.75) is 45.6 Å². The van der Waals surface area contributed by atoms with Crippen LogP contribution >= 0.6 is 0 Å². The van der Waals surface area contributed by atoms with Gasteiger partial charge in [0.15, 0.2) is 0 Å². The fraction of sp³-hybridized carbons (Fsp3) is 0.923. The van der Waals surface area contributed by atoms with Crippen LogP contribution in [0.1, 0.15) is 39.5 Å². The Morgan fingerprint density at radius 2 is 2.00 bits per heavy atom. The first kappa shape index (κ1) is 11.9. The third-order valence-electron chi connectivity index (χ3n) is 3.74. The molecule has 2 fully saturated rings. The van der Waals surface area contributed by atoms with Crippen LogP contribution in [-0.2, 0) is 4.79 Å². The van der Waals surface area contributed by atoms with Gasteiger partial charge < -0.3 is 10.6 Å². The van der Waals surface area contributed by atoms with Crippen molar-refractivity contribution in [3.8, 4) is 0 Å². The minimum absolute atomic E-state index is 0.104. The fourth-order valence-corrected chi connectivity index (χ4v) is 2.79. The average Bonchev–Trinajstić information content (AvgIpc) is 2.99. The zero-order valence-corrected chi connectivity index (χ0v) is 10.5. The molecule has 92 valence electrons. The Hall–Kier alpha value is -0.570. The van der Waals surface area contributed by atoms with Gasteiger partial charge in [-0.05, 0) is 24.7 Å². The van der Waals surface area contributed by atoms with Gasteiger partial charge in [-0.15, -0.1) is 0 Å². The number of piperidine rings is 1. The SMILES string of the molecule is CC(C)C(=O)N1CC(N)CC(CC2CC2)C1. The second kappa shape index (κ2) is 4.74. The van der Waals surface area contributed by atoms with Crippen LogP contribution < -0.4 is 5.73 Å². The molecule has 0 aromatic carbocycles. The Bertz CT molecular complexity index is 259. The molecule has 1 aliphatic heterocycles. The van der Waals surface area contributed by atoms with Gasteiger partial charge in [0.2, 0.25) is 5.91 Å². The minimum atomic E-state index is 0.104. The minimum Gasteiger partial charge on any atom is -0.341 e. The molecule has 0 radical (unpaired) electrons. The van der Waals surface area contributed by atoms with Crippen LogP contribution in [0.5, 0.6) is 0 Å². The predicted molar refractivity (Wildman–Crippen MR) is 64.8 cm³/mol. The topological polar surface area (TPSA) is 46.3 Å². The molecule has 0 aromatic rings. The lowest BCUT2D eigenvalue weighted by molar-refractivity contribution is -0.136. The van der Waals surface area contributed by atoms with E-state index < -0.39 is 0 Å². The van der Waals surface area contributed by atoms with Crippen LogP contribution in [0.25, 0.3) is 0 Å². The molecule has 2 N–H and O–H groups in total. The summed E-state index contributed by atoms with van der Waals surface area (Å²) in [7, 11) is 0. The summed E-state index contributed by atoms with van der Waals surface area (Å²) in [4.78, 5) is 14.0.